The normalized spacial score (nSPS) is 11.3. The zero-order valence-corrected chi connectivity index (χ0v) is 18.5. The highest BCUT2D eigenvalue weighted by Gasteiger charge is 2.06. The SMILES string of the molecule is CN=C(NCc1ccc(NCCOC)cc1)NCc1ccc(C)cc1OCCOC. The van der Waals surface area contributed by atoms with E-state index in [4.69, 9.17) is 14.2 Å². The number of hydrogen-bond donors (Lipinski definition) is 3. The molecule has 0 aliphatic rings. The van der Waals surface area contributed by atoms with Crippen LogP contribution in [-0.4, -0.2) is 53.6 Å². The molecule has 0 bridgehead atoms. The van der Waals surface area contributed by atoms with E-state index in [0.717, 1.165) is 35.1 Å². The fourth-order valence-corrected chi connectivity index (χ4v) is 2.80. The van der Waals surface area contributed by atoms with Gasteiger partial charge in [0.25, 0.3) is 0 Å². The predicted molar refractivity (Wildman–Crippen MR) is 122 cm³/mol. The Bertz CT molecular complexity index is 779. The van der Waals surface area contributed by atoms with Crippen LogP contribution in [0.15, 0.2) is 47.5 Å². The van der Waals surface area contributed by atoms with Crippen molar-refractivity contribution < 1.29 is 14.2 Å². The summed E-state index contributed by atoms with van der Waals surface area (Å²) >= 11 is 0. The van der Waals surface area contributed by atoms with Gasteiger partial charge in [-0.15, -0.1) is 0 Å². The topological polar surface area (TPSA) is 76.1 Å². The van der Waals surface area contributed by atoms with E-state index in [9.17, 15) is 0 Å². The number of rotatable bonds is 12. The number of methoxy groups -OCH3 is 2. The number of aliphatic imine (C=N–C) groups is 1. The van der Waals surface area contributed by atoms with Crippen molar-refractivity contribution in [3.8, 4) is 5.75 Å². The minimum atomic E-state index is 0.524. The van der Waals surface area contributed by atoms with Crippen molar-refractivity contribution >= 4 is 11.6 Å². The zero-order valence-electron chi connectivity index (χ0n) is 18.5. The second-order valence-corrected chi connectivity index (χ2v) is 6.85. The van der Waals surface area contributed by atoms with E-state index in [1.54, 1.807) is 21.3 Å². The molecule has 0 unspecified atom stereocenters. The Kier molecular flexibility index (Phi) is 10.5. The Morgan fingerprint density at radius 2 is 1.63 bits per heavy atom. The summed E-state index contributed by atoms with van der Waals surface area (Å²) in [6.07, 6.45) is 0. The number of anilines is 1. The first kappa shape index (κ1) is 23.5. The molecule has 0 aromatic heterocycles. The maximum Gasteiger partial charge on any atom is 0.191 e. The highest BCUT2D eigenvalue weighted by atomic mass is 16.5. The van der Waals surface area contributed by atoms with E-state index in [0.29, 0.717) is 32.9 Å². The molecule has 0 saturated heterocycles. The van der Waals surface area contributed by atoms with Gasteiger partial charge in [0.1, 0.15) is 12.4 Å². The fraction of sp³-hybridized carbons (Fsp3) is 0.435. The third kappa shape index (κ3) is 8.31. The van der Waals surface area contributed by atoms with Crippen LogP contribution in [0.4, 0.5) is 5.69 Å². The van der Waals surface area contributed by atoms with Gasteiger partial charge in [0, 0.05) is 52.2 Å². The lowest BCUT2D eigenvalue weighted by Crippen LogP contribution is -2.36. The minimum Gasteiger partial charge on any atom is -0.491 e. The molecule has 2 rings (SSSR count). The molecular weight excluding hydrogens is 380 g/mol. The van der Waals surface area contributed by atoms with Gasteiger partial charge in [0.15, 0.2) is 5.96 Å². The monoisotopic (exact) mass is 414 g/mol. The van der Waals surface area contributed by atoms with Crippen molar-refractivity contribution in [1.29, 1.82) is 0 Å². The van der Waals surface area contributed by atoms with Crippen LogP contribution >= 0.6 is 0 Å². The number of nitrogens with zero attached hydrogens (tertiary/aromatic N) is 1. The van der Waals surface area contributed by atoms with Crippen molar-refractivity contribution in [2.24, 2.45) is 4.99 Å². The van der Waals surface area contributed by atoms with Crippen molar-refractivity contribution in [1.82, 2.24) is 10.6 Å². The molecule has 30 heavy (non-hydrogen) atoms. The molecular formula is C23H34N4O3. The number of ether oxygens (including phenoxy) is 3. The van der Waals surface area contributed by atoms with Gasteiger partial charge >= 0.3 is 0 Å². The Labute approximate surface area is 179 Å². The molecule has 2 aromatic carbocycles. The maximum absolute atomic E-state index is 5.86. The first-order valence-corrected chi connectivity index (χ1v) is 10.1. The highest BCUT2D eigenvalue weighted by molar-refractivity contribution is 5.79. The number of nitrogens with one attached hydrogen (secondary N) is 3. The van der Waals surface area contributed by atoms with Crippen LogP contribution < -0.4 is 20.7 Å². The van der Waals surface area contributed by atoms with Gasteiger partial charge in [-0.1, -0.05) is 24.3 Å². The molecule has 7 heteroatoms. The standard InChI is InChI=1S/C23H34N4O3/c1-18-5-8-20(22(15-18)30-14-13-29-4)17-27-23(24-2)26-16-19-6-9-21(10-7-19)25-11-12-28-3/h5-10,15,25H,11-14,16-17H2,1-4H3,(H2,24,26,27). The summed E-state index contributed by atoms with van der Waals surface area (Å²) in [6, 6.07) is 14.5. The Morgan fingerprint density at radius 1 is 0.900 bits per heavy atom. The van der Waals surface area contributed by atoms with Crippen LogP contribution in [0.3, 0.4) is 0 Å². The third-order valence-electron chi connectivity index (χ3n) is 4.49. The molecule has 0 aliphatic carbocycles. The van der Waals surface area contributed by atoms with Gasteiger partial charge in [0.2, 0.25) is 0 Å². The molecule has 164 valence electrons. The van der Waals surface area contributed by atoms with E-state index < -0.39 is 0 Å². The molecule has 0 radical (unpaired) electrons. The summed E-state index contributed by atoms with van der Waals surface area (Å²) in [7, 11) is 5.14. The summed E-state index contributed by atoms with van der Waals surface area (Å²) < 4.78 is 16.0. The summed E-state index contributed by atoms with van der Waals surface area (Å²) in [5, 5.41) is 10.0. The second-order valence-electron chi connectivity index (χ2n) is 6.85. The molecule has 0 saturated carbocycles. The van der Waals surface area contributed by atoms with Gasteiger partial charge in [-0.3, -0.25) is 4.99 Å². The van der Waals surface area contributed by atoms with Gasteiger partial charge in [-0.2, -0.15) is 0 Å². The molecule has 0 spiro atoms. The Hall–Kier alpha value is -2.77. The number of benzene rings is 2. The number of hydrogen-bond acceptors (Lipinski definition) is 5. The summed E-state index contributed by atoms with van der Waals surface area (Å²) in [5.41, 5.74) is 4.49. The van der Waals surface area contributed by atoms with Crippen LogP contribution in [0.5, 0.6) is 5.75 Å². The van der Waals surface area contributed by atoms with Gasteiger partial charge in [-0.05, 0) is 36.2 Å². The van der Waals surface area contributed by atoms with Crippen LogP contribution in [-0.2, 0) is 22.6 Å². The molecule has 2 aromatic rings. The van der Waals surface area contributed by atoms with E-state index in [1.165, 1.54) is 5.56 Å². The van der Waals surface area contributed by atoms with Crippen molar-refractivity contribution in [2.75, 3.05) is 52.9 Å². The predicted octanol–water partition coefficient (Wildman–Crippen LogP) is 2.94. The van der Waals surface area contributed by atoms with E-state index in [1.807, 2.05) is 6.07 Å². The van der Waals surface area contributed by atoms with E-state index >= 15 is 0 Å². The van der Waals surface area contributed by atoms with Gasteiger partial charge < -0.3 is 30.2 Å². The summed E-state index contributed by atoms with van der Waals surface area (Å²) in [6.45, 7) is 5.92. The largest absolute Gasteiger partial charge is 0.491 e. The van der Waals surface area contributed by atoms with Crippen LogP contribution in [0, 0.1) is 6.92 Å². The first-order chi connectivity index (χ1) is 14.7. The Balaban J connectivity index is 1.85. The smallest absolute Gasteiger partial charge is 0.191 e. The lowest BCUT2D eigenvalue weighted by atomic mass is 10.1. The fourth-order valence-electron chi connectivity index (χ4n) is 2.80. The molecule has 3 N–H and O–H groups in total. The zero-order chi connectivity index (χ0) is 21.6. The molecule has 0 aliphatic heterocycles. The first-order valence-electron chi connectivity index (χ1n) is 10.1. The maximum atomic E-state index is 5.86. The van der Waals surface area contributed by atoms with Crippen molar-refractivity contribution in [2.45, 2.75) is 20.0 Å². The van der Waals surface area contributed by atoms with Crippen molar-refractivity contribution in [3.63, 3.8) is 0 Å². The third-order valence-corrected chi connectivity index (χ3v) is 4.49. The van der Waals surface area contributed by atoms with Crippen LogP contribution in [0.2, 0.25) is 0 Å². The molecule has 7 nitrogen and oxygen atoms in total. The second kappa shape index (κ2) is 13.5. The van der Waals surface area contributed by atoms with Crippen LogP contribution in [0.1, 0.15) is 16.7 Å². The van der Waals surface area contributed by atoms with E-state index in [-0.39, 0.29) is 0 Å². The quantitative estimate of drug-likeness (QED) is 0.282. The van der Waals surface area contributed by atoms with Gasteiger partial charge in [0.05, 0.1) is 13.2 Å². The average molecular weight is 415 g/mol. The average Bonchev–Trinajstić information content (AvgIpc) is 2.76. The Morgan fingerprint density at radius 3 is 2.33 bits per heavy atom. The number of aryl methyl sites for hydroxylation is 1. The van der Waals surface area contributed by atoms with Crippen molar-refractivity contribution in [3.05, 3.63) is 59.2 Å². The summed E-state index contributed by atoms with van der Waals surface area (Å²) in [5.74, 6) is 1.60. The van der Waals surface area contributed by atoms with E-state index in [2.05, 4.69) is 64.3 Å². The molecule has 0 atom stereocenters. The lowest BCUT2D eigenvalue weighted by molar-refractivity contribution is 0.145. The molecule has 0 heterocycles. The number of guanidine groups is 1. The minimum absolute atomic E-state index is 0.524. The molecule has 0 amide bonds. The highest BCUT2D eigenvalue weighted by Crippen LogP contribution is 2.20. The van der Waals surface area contributed by atoms with Gasteiger partial charge in [-0.25, -0.2) is 0 Å². The summed E-state index contributed by atoms with van der Waals surface area (Å²) in [4.78, 5) is 4.32. The van der Waals surface area contributed by atoms with Crippen LogP contribution in [0.25, 0.3) is 0 Å². The molecule has 0 fully saturated rings. The lowest BCUT2D eigenvalue weighted by Gasteiger charge is -2.15.